The molecule has 0 amide bonds. The van der Waals surface area contributed by atoms with Crippen LogP contribution in [0.3, 0.4) is 0 Å². The summed E-state index contributed by atoms with van der Waals surface area (Å²) in [6, 6.07) is 11.0. The van der Waals surface area contributed by atoms with Gasteiger partial charge in [0.15, 0.2) is 0 Å². The van der Waals surface area contributed by atoms with E-state index in [9.17, 15) is 9.50 Å². The number of aliphatic hydroxyl groups is 1. The Bertz CT molecular complexity index is 525. The largest absolute Gasteiger partial charge is 0.384 e. The second kappa shape index (κ2) is 5.05. The first-order chi connectivity index (χ1) is 8.08. The molecule has 17 heavy (non-hydrogen) atoms. The molecule has 0 aliphatic carbocycles. The van der Waals surface area contributed by atoms with E-state index in [4.69, 9.17) is 23.2 Å². The normalized spacial score (nSPS) is 12.5. The summed E-state index contributed by atoms with van der Waals surface area (Å²) >= 11 is 11.3. The van der Waals surface area contributed by atoms with Gasteiger partial charge in [-0.2, -0.15) is 0 Å². The molecular weight excluding hydrogens is 262 g/mol. The number of hydrogen-bond donors (Lipinski definition) is 1. The highest BCUT2D eigenvalue weighted by Gasteiger charge is 2.12. The maximum Gasteiger partial charge on any atom is 0.142 e. The van der Waals surface area contributed by atoms with E-state index in [0.717, 1.165) is 0 Å². The average Bonchev–Trinajstić information content (AvgIpc) is 2.33. The van der Waals surface area contributed by atoms with Crippen molar-refractivity contribution in [2.45, 2.75) is 6.10 Å². The monoisotopic (exact) mass is 270 g/mol. The van der Waals surface area contributed by atoms with Gasteiger partial charge in [0.25, 0.3) is 0 Å². The standard InChI is InChI=1S/C13H9Cl2FO/c14-10-4-1-8(2-5-10)13(17)9-3-6-11(15)12(16)7-9/h1-7,13,17H/t13-/m0/s1. The minimum Gasteiger partial charge on any atom is -0.384 e. The van der Waals surface area contributed by atoms with Crippen molar-refractivity contribution in [2.75, 3.05) is 0 Å². The van der Waals surface area contributed by atoms with Crippen LogP contribution in [0.15, 0.2) is 42.5 Å². The van der Waals surface area contributed by atoms with Gasteiger partial charge >= 0.3 is 0 Å². The van der Waals surface area contributed by atoms with Crippen LogP contribution in [0, 0.1) is 5.82 Å². The van der Waals surface area contributed by atoms with Crippen LogP contribution >= 0.6 is 23.2 Å². The molecule has 1 nitrogen and oxygen atoms in total. The minimum absolute atomic E-state index is 0.0389. The number of hydrogen-bond acceptors (Lipinski definition) is 1. The van der Waals surface area contributed by atoms with Crippen molar-refractivity contribution in [1.29, 1.82) is 0 Å². The van der Waals surface area contributed by atoms with E-state index < -0.39 is 11.9 Å². The SMILES string of the molecule is O[C@@H](c1ccc(Cl)cc1)c1ccc(Cl)c(F)c1. The van der Waals surface area contributed by atoms with E-state index >= 15 is 0 Å². The number of halogens is 3. The molecule has 2 rings (SSSR count). The van der Waals surface area contributed by atoms with E-state index in [0.29, 0.717) is 16.1 Å². The molecule has 1 atom stereocenters. The van der Waals surface area contributed by atoms with E-state index in [1.54, 1.807) is 30.3 Å². The Morgan fingerprint density at radius 2 is 1.53 bits per heavy atom. The van der Waals surface area contributed by atoms with Gasteiger partial charge in [0.05, 0.1) is 5.02 Å². The molecular formula is C13H9Cl2FO. The van der Waals surface area contributed by atoms with Gasteiger partial charge < -0.3 is 5.11 Å². The van der Waals surface area contributed by atoms with Gasteiger partial charge in [-0.1, -0.05) is 41.4 Å². The maximum absolute atomic E-state index is 13.3. The fraction of sp³-hybridized carbons (Fsp3) is 0.0769. The van der Waals surface area contributed by atoms with Gasteiger partial charge in [-0.05, 0) is 35.4 Å². The Kier molecular flexibility index (Phi) is 3.67. The molecule has 0 radical (unpaired) electrons. The van der Waals surface area contributed by atoms with Crippen molar-refractivity contribution in [3.05, 3.63) is 69.5 Å². The van der Waals surface area contributed by atoms with Crippen LogP contribution in [0.1, 0.15) is 17.2 Å². The topological polar surface area (TPSA) is 20.2 Å². The number of aliphatic hydroxyl groups excluding tert-OH is 1. The molecule has 0 saturated heterocycles. The Morgan fingerprint density at radius 1 is 0.941 bits per heavy atom. The molecule has 0 saturated carbocycles. The van der Waals surface area contributed by atoms with Crippen LogP contribution in [0.4, 0.5) is 4.39 Å². The molecule has 0 aliphatic heterocycles. The van der Waals surface area contributed by atoms with Gasteiger partial charge in [0.2, 0.25) is 0 Å². The van der Waals surface area contributed by atoms with Crippen LogP contribution in [0.2, 0.25) is 10.0 Å². The molecule has 88 valence electrons. The summed E-state index contributed by atoms with van der Waals surface area (Å²) < 4.78 is 13.3. The van der Waals surface area contributed by atoms with Crippen LogP contribution < -0.4 is 0 Å². The smallest absolute Gasteiger partial charge is 0.142 e. The third-order valence-corrected chi connectivity index (χ3v) is 3.00. The van der Waals surface area contributed by atoms with Crippen LogP contribution in [0.5, 0.6) is 0 Å². The number of benzene rings is 2. The zero-order valence-corrected chi connectivity index (χ0v) is 10.2. The summed E-state index contributed by atoms with van der Waals surface area (Å²) in [6.45, 7) is 0. The Morgan fingerprint density at radius 3 is 2.12 bits per heavy atom. The summed E-state index contributed by atoms with van der Waals surface area (Å²) in [5, 5.41) is 10.7. The van der Waals surface area contributed by atoms with Crippen molar-refractivity contribution in [3.63, 3.8) is 0 Å². The lowest BCUT2D eigenvalue weighted by Crippen LogP contribution is -2.00. The van der Waals surface area contributed by atoms with Crippen molar-refractivity contribution in [3.8, 4) is 0 Å². The molecule has 0 heterocycles. The van der Waals surface area contributed by atoms with Crippen molar-refractivity contribution < 1.29 is 9.50 Å². The van der Waals surface area contributed by atoms with Gasteiger partial charge in [-0.3, -0.25) is 0 Å². The molecule has 2 aromatic rings. The lowest BCUT2D eigenvalue weighted by Gasteiger charge is -2.11. The predicted molar refractivity (Wildman–Crippen MR) is 66.9 cm³/mol. The van der Waals surface area contributed by atoms with E-state index in [-0.39, 0.29) is 5.02 Å². The summed E-state index contributed by atoms with van der Waals surface area (Å²) in [5.74, 6) is -0.544. The van der Waals surface area contributed by atoms with Crippen LogP contribution in [-0.2, 0) is 0 Å². The summed E-state index contributed by atoms with van der Waals surface area (Å²) in [4.78, 5) is 0. The highest BCUT2D eigenvalue weighted by atomic mass is 35.5. The molecule has 0 bridgehead atoms. The van der Waals surface area contributed by atoms with Gasteiger partial charge in [0.1, 0.15) is 11.9 Å². The molecule has 0 aromatic heterocycles. The first kappa shape index (κ1) is 12.4. The highest BCUT2D eigenvalue weighted by Crippen LogP contribution is 2.26. The third kappa shape index (κ3) is 2.78. The van der Waals surface area contributed by atoms with Gasteiger partial charge in [0, 0.05) is 5.02 Å². The lowest BCUT2D eigenvalue weighted by atomic mass is 10.0. The highest BCUT2D eigenvalue weighted by molar-refractivity contribution is 6.30. The van der Waals surface area contributed by atoms with Gasteiger partial charge in [-0.25, -0.2) is 4.39 Å². The minimum atomic E-state index is -0.890. The van der Waals surface area contributed by atoms with E-state index in [2.05, 4.69) is 0 Å². The third-order valence-electron chi connectivity index (χ3n) is 2.45. The van der Waals surface area contributed by atoms with Crippen LogP contribution in [-0.4, -0.2) is 5.11 Å². The summed E-state index contributed by atoms with van der Waals surface area (Å²) in [6.07, 6.45) is -0.890. The van der Waals surface area contributed by atoms with Crippen molar-refractivity contribution in [2.24, 2.45) is 0 Å². The molecule has 0 unspecified atom stereocenters. The van der Waals surface area contributed by atoms with Crippen molar-refractivity contribution >= 4 is 23.2 Å². The quantitative estimate of drug-likeness (QED) is 0.867. The Hall–Kier alpha value is -1.09. The Balaban J connectivity index is 2.33. The lowest BCUT2D eigenvalue weighted by molar-refractivity contribution is 0.220. The number of rotatable bonds is 2. The molecule has 2 aromatic carbocycles. The fourth-order valence-corrected chi connectivity index (χ4v) is 1.76. The fourth-order valence-electron chi connectivity index (χ4n) is 1.52. The first-order valence-electron chi connectivity index (χ1n) is 4.96. The van der Waals surface area contributed by atoms with E-state index in [1.807, 2.05) is 0 Å². The molecule has 0 aliphatic rings. The molecule has 0 fully saturated rings. The zero-order valence-electron chi connectivity index (χ0n) is 8.70. The van der Waals surface area contributed by atoms with Crippen LogP contribution in [0.25, 0.3) is 0 Å². The second-order valence-electron chi connectivity index (χ2n) is 3.63. The van der Waals surface area contributed by atoms with Crippen molar-refractivity contribution in [1.82, 2.24) is 0 Å². The summed E-state index contributed by atoms with van der Waals surface area (Å²) in [7, 11) is 0. The van der Waals surface area contributed by atoms with E-state index in [1.165, 1.54) is 12.1 Å². The summed E-state index contributed by atoms with van der Waals surface area (Å²) in [5.41, 5.74) is 1.10. The molecule has 0 spiro atoms. The average molecular weight is 271 g/mol. The second-order valence-corrected chi connectivity index (χ2v) is 4.47. The maximum atomic E-state index is 13.3. The first-order valence-corrected chi connectivity index (χ1v) is 5.72. The Labute approximate surface area is 108 Å². The molecule has 1 N–H and O–H groups in total. The zero-order chi connectivity index (χ0) is 12.4. The molecule has 4 heteroatoms. The predicted octanol–water partition coefficient (Wildman–Crippen LogP) is 4.21. The van der Waals surface area contributed by atoms with Gasteiger partial charge in [-0.15, -0.1) is 0 Å².